The third-order valence-corrected chi connectivity index (χ3v) is 8.37. The third-order valence-electron chi connectivity index (χ3n) is 8.37. The van der Waals surface area contributed by atoms with Gasteiger partial charge in [0.15, 0.2) is 11.5 Å². The average Bonchev–Trinajstić information content (AvgIpc) is 3.36. The molecule has 3 aliphatic heterocycles. The number of benzene rings is 2. The maximum atomic E-state index is 13.5. The first kappa shape index (κ1) is 23.3. The fourth-order valence-corrected chi connectivity index (χ4v) is 6.03. The molecule has 0 aromatic heterocycles. The zero-order valence-electron chi connectivity index (χ0n) is 20.5. The standard InChI is InChI=1S/C28H32FN3O4/c29-22-3-1-2-21(14-22)18-30-10-12-32(13-11-30)27(34)23-17-28(23)6-8-31(9-7-28)26(33)16-20-4-5-24-25(15-20)36-19-35-24/h1-5,14-15,23H,6-13,16-19H2/t23-/m0/s1. The van der Waals surface area contributed by atoms with E-state index < -0.39 is 0 Å². The van der Waals surface area contributed by atoms with Gasteiger partial charge in [-0.15, -0.1) is 0 Å². The molecule has 36 heavy (non-hydrogen) atoms. The lowest BCUT2D eigenvalue weighted by atomic mass is 9.90. The average molecular weight is 494 g/mol. The molecule has 0 unspecified atom stereocenters. The van der Waals surface area contributed by atoms with E-state index in [0.29, 0.717) is 31.8 Å². The molecule has 6 rings (SSSR count). The van der Waals surface area contributed by atoms with Crippen LogP contribution in [-0.2, 0) is 22.6 Å². The van der Waals surface area contributed by atoms with Gasteiger partial charge in [0.1, 0.15) is 5.82 Å². The Kier molecular flexibility index (Phi) is 6.07. The van der Waals surface area contributed by atoms with Crippen molar-refractivity contribution in [3.8, 4) is 11.5 Å². The number of fused-ring (bicyclic) bond motifs is 1. The topological polar surface area (TPSA) is 62.3 Å². The van der Waals surface area contributed by atoms with Gasteiger partial charge in [-0.2, -0.15) is 0 Å². The van der Waals surface area contributed by atoms with Gasteiger partial charge in [0, 0.05) is 51.7 Å². The van der Waals surface area contributed by atoms with Crippen LogP contribution in [0.1, 0.15) is 30.4 Å². The van der Waals surface area contributed by atoms with Gasteiger partial charge in [0.25, 0.3) is 0 Å². The molecule has 4 aliphatic rings. The fraction of sp³-hybridized carbons (Fsp3) is 0.500. The molecule has 1 atom stereocenters. The number of carbonyl (C=O) groups excluding carboxylic acids is 2. The molecule has 0 bridgehead atoms. The molecule has 2 aromatic rings. The Morgan fingerprint density at radius 2 is 1.67 bits per heavy atom. The molecule has 1 spiro atoms. The quantitative estimate of drug-likeness (QED) is 0.641. The lowest BCUT2D eigenvalue weighted by molar-refractivity contribution is -0.136. The summed E-state index contributed by atoms with van der Waals surface area (Å²) in [5.74, 6) is 1.72. The minimum Gasteiger partial charge on any atom is -0.454 e. The Morgan fingerprint density at radius 1 is 0.889 bits per heavy atom. The van der Waals surface area contributed by atoms with Crippen LogP contribution < -0.4 is 9.47 Å². The Morgan fingerprint density at radius 3 is 2.44 bits per heavy atom. The van der Waals surface area contributed by atoms with Crippen molar-refractivity contribution in [2.75, 3.05) is 46.1 Å². The highest BCUT2D eigenvalue weighted by Gasteiger charge is 2.59. The number of carbonyl (C=O) groups is 2. The summed E-state index contributed by atoms with van der Waals surface area (Å²) in [6, 6.07) is 12.4. The van der Waals surface area contributed by atoms with E-state index >= 15 is 0 Å². The number of hydrogen-bond acceptors (Lipinski definition) is 5. The molecule has 2 saturated heterocycles. The lowest BCUT2D eigenvalue weighted by Crippen LogP contribution is -2.49. The summed E-state index contributed by atoms with van der Waals surface area (Å²) in [6.07, 6.45) is 3.09. The van der Waals surface area contributed by atoms with Crippen molar-refractivity contribution in [2.24, 2.45) is 11.3 Å². The summed E-state index contributed by atoms with van der Waals surface area (Å²) in [4.78, 5) is 32.4. The Hall–Kier alpha value is -3.13. The Bertz CT molecular complexity index is 1160. The summed E-state index contributed by atoms with van der Waals surface area (Å²) >= 11 is 0. The maximum Gasteiger partial charge on any atom is 0.231 e. The summed E-state index contributed by atoms with van der Waals surface area (Å²) in [5, 5.41) is 0. The fourth-order valence-electron chi connectivity index (χ4n) is 6.03. The normalized spacial score (nSPS) is 22.6. The number of ether oxygens (including phenoxy) is 2. The number of piperidine rings is 1. The molecule has 8 heteroatoms. The van der Waals surface area contributed by atoms with Crippen LogP contribution in [0.25, 0.3) is 0 Å². The van der Waals surface area contributed by atoms with Crippen LogP contribution in [0.15, 0.2) is 42.5 Å². The number of rotatable bonds is 5. The minimum absolute atomic E-state index is 0.0747. The van der Waals surface area contributed by atoms with Crippen LogP contribution >= 0.6 is 0 Å². The van der Waals surface area contributed by atoms with Crippen molar-refractivity contribution in [1.82, 2.24) is 14.7 Å². The second-order valence-electron chi connectivity index (χ2n) is 10.6. The molecule has 3 heterocycles. The van der Waals surface area contributed by atoms with Crippen LogP contribution in [-0.4, -0.2) is 72.6 Å². The molecular weight excluding hydrogens is 461 g/mol. The van der Waals surface area contributed by atoms with E-state index in [1.165, 1.54) is 6.07 Å². The zero-order chi connectivity index (χ0) is 24.7. The van der Waals surface area contributed by atoms with Gasteiger partial charge in [-0.3, -0.25) is 14.5 Å². The smallest absolute Gasteiger partial charge is 0.231 e. The molecule has 2 aromatic carbocycles. The van der Waals surface area contributed by atoms with Gasteiger partial charge in [0.05, 0.1) is 6.42 Å². The number of piperazine rings is 1. The molecule has 2 amide bonds. The summed E-state index contributed by atoms with van der Waals surface area (Å²) in [5.41, 5.74) is 1.97. The van der Waals surface area contributed by atoms with E-state index in [0.717, 1.165) is 62.3 Å². The highest BCUT2D eigenvalue weighted by atomic mass is 19.1. The number of likely N-dealkylation sites (tertiary alicyclic amines) is 1. The van der Waals surface area contributed by atoms with E-state index in [1.807, 2.05) is 34.1 Å². The van der Waals surface area contributed by atoms with Gasteiger partial charge >= 0.3 is 0 Å². The van der Waals surface area contributed by atoms with Crippen LogP contribution in [0.2, 0.25) is 0 Å². The van der Waals surface area contributed by atoms with E-state index in [1.54, 1.807) is 12.1 Å². The highest BCUT2D eigenvalue weighted by Crippen LogP contribution is 2.60. The van der Waals surface area contributed by atoms with Crippen molar-refractivity contribution < 1.29 is 23.5 Å². The highest BCUT2D eigenvalue weighted by molar-refractivity contribution is 5.83. The van der Waals surface area contributed by atoms with E-state index in [2.05, 4.69) is 4.90 Å². The molecular formula is C28H32FN3O4. The van der Waals surface area contributed by atoms with Gasteiger partial charge in [-0.25, -0.2) is 4.39 Å². The third kappa shape index (κ3) is 4.66. The molecule has 190 valence electrons. The molecule has 7 nitrogen and oxygen atoms in total. The predicted octanol–water partition coefficient (Wildman–Crippen LogP) is 3.07. The van der Waals surface area contributed by atoms with Gasteiger partial charge in [0.2, 0.25) is 18.6 Å². The van der Waals surface area contributed by atoms with E-state index in [4.69, 9.17) is 9.47 Å². The minimum atomic E-state index is -0.207. The molecule has 0 radical (unpaired) electrons. The van der Waals surface area contributed by atoms with Gasteiger partial charge in [-0.1, -0.05) is 18.2 Å². The first-order chi connectivity index (χ1) is 17.5. The summed E-state index contributed by atoms with van der Waals surface area (Å²) in [6.45, 7) is 5.44. The van der Waals surface area contributed by atoms with Crippen molar-refractivity contribution >= 4 is 11.8 Å². The first-order valence-corrected chi connectivity index (χ1v) is 12.9. The largest absolute Gasteiger partial charge is 0.454 e. The van der Waals surface area contributed by atoms with Gasteiger partial charge < -0.3 is 19.3 Å². The van der Waals surface area contributed by atoms with Crippen molar-refractivity contribution in [3.05, 3.63) is 59.4 Å². The number of amides is 2. The predicted molar refractivity (Wildman–Crippen MR) is 131 cm³/mol. The van der Waals surface area contributed by atoms with Gasteiger partial charge in [-0.05, 0) is 60.1 Å². The summed E-state index contributed by atoms with van der Waals surface area (Å²) < 4.78 is 24.2. The van der Waals surface area contributed by atoms with Crippen LogP contribution in [0, 0.1) is 17.2 Å². The zero-order valence-corrected chi connectivity index (χ0v) is 20.5. The molecule has 1 saturated carbocycles. The number of halogens is 1. The van der Waals surface area contributed by atoms with Crippen LogP contribution in [0.4, 0.5) is 4.39 Å². The Balaban J connectivity index is 0.962. The second kappa shape index (κ2) is 9.39. The first-order valence-electron chi connectivity index (χ1n) is 12.9. The summed E-state index contributed by atoms with van der Waals surface area (Å²) in [7, 11) is 0. The maximum absolute atomic E-state index is 13.5. The van der Waals surface area contributed by atoms with E-state index in [9.17, 15) is 14.0 Å². The number of nitrogens with zero attached hydrogens (tertiary/aromatic N) is 3. The lowest BCUT2D eigenvalue weighted by Gasteiger charge is -2.36. The van der Waals surface area contributed by atoms with Crippen LogP contribution in [0.3, 0.4) is 0 Å². The van der Waals surface area contributed by atoms with Crippen molar-refractivity contribution in [2.45, 2.75) is 32.2 Å². The van der Waals surface area contributed by atoms with E-state index in [-0.39, 0.29) is 35.8 Å². The van der Waals surface area contributed by atoms with Crippen molar-refractivity contribution in [3.63, 3.8) is 0 Å². The van der Waals surface area contributed by atoms with Crippen molar-refractivity contribution in [1.29, 1.82) is 0 Å². The Labute approximate surface area is 210 Å². The SMILES string of the molecule is O=C(Cc1ccc2c(c1)OCO2)N1CCC2(CC1)C[C@H]2C(=O)N1CCN(Cc2cccc(F)c2)CC1. The second-order valence-corrected chi connectivity index (χ2v) is 10.6. The molecule has 3 fully saturated rings. The molecule has 0 N–H and O–H groups in total. The van der Waals surface area contributed by atoms with Crippen LogP contribution in [0.5, 0.6) is 11.5 Å². The number of hydrogen-bond donors (Lipinski definition) is 0. The molecule has 1 aliphatic carbocycles. The monoisotopic (exact) mass is 493 g/mol.